The van der Waals surface area contributed by atoms with Crippen LogP contribution in [-0.2, 0) is 0 Å². The number of nitrogens with one attached hydrogen (secondary N) is 2. The standard InChI is InChI=1S/C24H33ClFN7/c1-24(2,3)31-22-27-13-19-21(30-22)33(16-11-9-15(10-12-16)14-32(4)5)23(29-19)28-18-8-6-7-17(25)20(18)26/h6-8,13,15-16H,9-12,14H2,1-5H3,(H,28,29)(H,27,30,31)/t15-,16-. The summed E-state index contributed by atoms with van der Waals surface area (Å²) in [5.74, 6) is 1.30. The first-order valence-electron chi connectivity index (χ1n) is 11.5. The van der Waals surface area contributed by atoms with Crippen molar-refractivity contribution in [2.75, 3.05) is 31.3 Å². The Labute approximate surface area is 199 Å². The predicted octanol–water partition coefficient (Wildman–Crippen LogP) is 5.87. The zero-order valence-electron chi connectivity index (χ0n) is 20.0. The van der Waals surface area contributed by atoms with Gasteiger partial charge in [0.15, 0.2) is 11.5 Å². The van der Waals surface area contributed by atoms with Gasteiger partial charge in [0.2, 0.25) is 11.9 Å². The van der Waals surface area contributed by atoms with E-state index in [2.05, 4.69) is 60.0 Å². The van der Waals surface area contributed by atoms with Gasteiger partial charge in [-0.3, -0.25) is 4.57 Å². The van der Waals surface area contributed by atoms with Crippen molar-refractivity contribution in [1.82, 2.24) is 24.4 Å². The molecule has 0 unspecified atom stereocenters. The van der Waals surface area contributed by atoms with Crippen molar-refractivity contribution in [1.29, 1.82) is 0 Å². The number of hydrogen-bond donors (Lipinski definition) is 2. The molecule has 2 heterocycles. The number of aromatic nitrogens is 4. The maximum absolute atomic E-state index is 14.7. The van der Waals surface area contributed by atoms with Gasteiger partial charge in [0.05, 0.1) is 16.9 Å². The fourth-order valence-electron chi connectivity index (χ4n) is 4.54. The number of benzene rings is 1. The number of rotatable bonds is 6. The van der Waals surface area contributed by atoms with Crippen LogP contribution in [0.3, 0.4) is 0 Å². The molecule has 7 nitrogen and oxygen atoms in total. The van der Waals surface area contributed by atoms with E-state index in [1.165, 1.54) is 6.07 Å². The SMILES string of the molecule is CN(C)C[C@H]1CC[C@H](n2c(Nc3cccc(Cl)c3F)nc3cnc(NC(C)(C)C)nc32)CC1. The number of hydrogen-bond acceptors (Lipinski definition) is 6. The van der Waals surface area contributed by atoms with Crippen LogP contribution in [-0.4, -0.2) is 50.6 Å². The van der Waals surface area contributed by atoms with Gasteiger partial charge in [-0.2, -0.15) is 4.98 Å². The Balaban J connectivity index is 1.72. The third-order valence-electron chi connectivity index (χ3n) is 5.92. The number of imidazole rings is 1. The molecule has 2 aromatic heterocycles. The van der Waals surface area contributed by atoms with Crippen LogP contribution in [0.1, 0.15) is 52.5 Å². The van der Waals surface area contributed by atoms with Crippen molar-refractivity contribution in [3.05, 3.63) is 35.2 Å². The van der Waals surface area contributed by atoms with Crippen LogP contribution < -0.4 is 10.6 Å². The van der Waals surface area contributed by atoms with Gasteiger partial charge in [0.25, 0.3) is 0 Å². The molecule has 2 N–H and O–H groups in total. The van der Waals surface area contributed by atoms with Crippen LogP contribution in [0, 0.1) is 11.7 Å². The second-order valence-corrected chi connectivity index (χ2v) is 10.7. The van der Waals surface area contributed by atoms with Gasteiger partial charge in [-0.1, -0.05) is 17.7 Å². The Kier molecular flexibility index (Phi) is 6.77. The summed E-state index contributed by atoms with van der Waals surface area (Å²) in [6, 6.07) is 5.14. The summed E-state index contributed by atoms with van der Waals surface area (Å²) in [6.07, 6.45) is 6.02. The second kappa shape index (κ2) is 9.43. The van der Waals surface area contributed by atoms with Gasteiger partial charge < -0.3 is 15.5 Å². The Bertz CT molecular complexity index is 1110. The van der Waals surface area contributed by atoms with E-state index >= 15 is 0 Å². The first-order chi connectivity index (χ1) is 15.6. The molecule has 0 saturated heterocycles. The smallest absolute Gasteiger partial charge is 0.225 e. The summed E-state index contributed by atoms with van der Waals surface area (Å²) < 4.78 is 16.8. The molecular weight excluding hydrogens is 441 g/mol. The van der Waals surface area contributed by atoms with Gasteiger partial charge in [0, 0.05) is 18.1 Å². The fourth-order valence-corrected chi connectivity index (χ4v) is 4.72. The first-order valence-corrected chi connectivity index (χ1v) is 11.9. The molecule has 4 rings (SSSR count). The average Bonchev–Trinajstić information content (AvgIpc) is 3.07. The van der Waals surface area contributed by atoms with E-state index in [0.717, 1.165) is 37.9 Å². The molecule has 178 valence electrons. The van der Waals surface area contributed by atoms with E-state index in [1.54, 1.807) is 18.3 Å². The van der Waals surface area contributed by atoms with E-state index in [-0.39, 0.29) is 16.6 Å². The third-order valence-corrected chi connectivity index (χ3v) is 6.21. The maximum Gasteiger partial charge on any atom is 0.225 e. The molecule has 1 aliphatic rings. The highest BCUT2D eigenvalue weighted by molar-refractivity contribution is 6.31. The Morgan fingerprint density at radius 3 is 2.55 bits per heavy atom. The van der Waals surface area contributed by atoms with E-state index in [0.29, 0.717) is 29.0 Å². The predicted molar refractivity (Wildman–Crippen MR) is 133 cm³/mol. The minimum Gasteiger partial charge on any atom is -0.350 e. The van der Waals surface area contributed by atoms with Gasteiger partial charge in [-0.25, -0.2) is 14.4 Å². The normalized spacial score (nSPS) is 19.3. The monoisotopic (exact) mass is 473 g/mol. The molecule has 0 amide bonds. The van der Waals surface area contributed by atoms with Crippen molar-refractivity contribution in [3.63, 3.8) is 0 Å². The van der Waals surface area contributed by atoms with E-state index in [4.69, 9.17) is 21.6 Å². The summed E-state index contributed by atoms with van der Waals surface area (Å²) in [5, 5.41) is 6.59. The molecule has 3 aromatic rings. The highest BCUT2D eigenvalue weighted by atomic mass is 35.5. The van der Waals surface area contributed by atoms with Gasteiger partial charge >= 0.3 is 0 Å². The largest absolute Gasteiger partial charge is 0.350 e. The van der Waals surface area contributed by atoms with Crippen molar-refractivity contribution >= 4 is 40.3 Å². The summed E-state index contributed by atoms with van der Waals surface area (Å²) in [6.45, 7) is 7.30. The summed E-state index contributed by atoms with van der Waals surface area (Å²) in [4.78, 5) is 16.3. The van der Waals surface area contributed by atoms with Crippen LogP contribution in [0.15, 0.2) is 24.4 Å². The number of nitrogens with zero attached hydrogens (tertiary/aromatic N) is 5. The molecule has 0 atom stereocenters. The van der Waals surface area contributed by atoms with Crippen molar-refractivity contribution in [3.8, 4) is 0 Å². The average molecular weight is 474 g/mol. The maximum atomic E-state index is 14.7. The van der Waals surface area contributed by atoms with E-state index in [1.807, 2.05) is 0 Å². The highest BCUT2D eigenvalue weighted by Gasteiger charge is 2.28. The lowest BCUT2D eigenvalue weighted by Gasteiger charge is -2.32. The molecule has 1 fully saturated rings. The zero-order valence-corrected chi connectivity index (χ0v) is 20.7. The topological polar surface area (TPSA) is 70.9 Å². The number of anilines is 3. The zero-order chi connectivity index (χ0) is 23.8. The lowest BCUT2D eigenvalue weighted by Crippen LogP contribution is -2.28. The molecule has 9 heteroatoms. The molecule has 0 radical (unpaired) electrons. The highest BCUT2D eigenvalue weighted by Crippen LogP contribution is 2.37. The van der Waals surface area contributed by atoms with Gasteiger partial charge in [0.1, 0.15) is 5.52 Å². The summed E-state index contributed by atoms with van der Waals surface area (Å²) in [5.41, 5.74) is 1.54. The Hall–Kier alpha value is -2.45. The summed E-state index contributed by atoms with van der Waals surface area (Å²) in [7, 11) is 4.25. The third kappa shape index (κ3) is 5.55. The van der Waals surface area contributed by atoms with Crippen LogP contribution in [0.25, 0.3) is 11.2 Å². The van der Waals surface area contributed by atoms with Gasteiger partial charge in [-0.05, 0) is 78.6 Å². The molecule has 1 aromatic carbocycles. The second-order valence-electron chi connectivity index (χ2n) is 10.2. The lowest BCUT2D eigenvalue weighted by molar-refractivity contribution is 0.226. The van der Waals surface area contributed by atoms with Crippen molar-refractivity contribution in [2.24, 2.45) is 5.92 Å². The Morgan fingerprint density at radius 2 is 1.88 bits per heavy atom. The molecule has 0 aliphatic heterocycles. The Morgan fingerprint density at radius 1 is 1.15 bits per heavy atom. The quantitative estimate of drug-likeness (QED) is 0.466. The van der Waals surface area contributed by atoms with Crippen LogP contribution in [0.4, 0.5) is 22.0 Å². The lowest BCUT2D eigenvalue weighted by atomic mass is 9.85. The van der Waals surface area contributed by atoms with Crippen molar-refractivity contribution in [2.45, 2.75) is 58.0 Å². The minimum absolute atomic E-state index is 0.0725. The number of halogens is 2. The molecule has 1 saturated carbocycles. The molecule has 0 bridgehead atoms. The van der Waals surface area contributed by atoms with E-state index in [9.17, 15) is 4.39 Å². The van der Waals surface area contributed by atoms with Crippen molar-refractivity contribution < 1.29 is 4.39 Å². The first kappa shape index (κ1) is 23.7. The number of fused-ring (bicyclic) bond motifs is 1. The minimum atomic E-state index is -0.492. The van der Waals surface area contributed by atoms with Crippen LogP contribution >= 0.6 is 11.6 Å². The molecular formula is C24H33ClFN7. The van der Waals surface area contributed by atoms with Crippen LogP contribution in [0.2, 0.25) is 5.02 Å². The molecule has 0 spiro atoms. The summed E-state index contributed by atoms with van der Waals surface area (Å²) >= 11 is 6.01. The van der Waals surface area contributed by atoms with Crippen LogP contribution in [0.5, 0.6) is 0 Å². The molecule has 1 aliphatic carbocycles. The van der Waals surface area contributed by atoms with E-state index < -0.39 is 5.82 Å². The molecule has 33 heavy (non-hydrogen) atoms. The fraction of sp³-hybridized carbons (Fsp3) is 0.542. The van der Waals surface area contributed by atoms with Gasteiger partial charge in [-0.15, -0.1) is 0 Å².